The Morgan fingerprint density at radius 2 is 1.75 bits per heavy atom. The van der Waals surface area contributed by atoms with Crippen molar-refractivity contribution >= 4 is 29.1 Å². The van der Waals surface area contributed by atoms with Gasteiger partial charge in [-0.2, -0.15) is 5.10 Å². The molecular formula is C17H20Cl2N4O. The Bertz CT molecular complexity index is 678. The van der Waals surface area contributed by atoms with Gasteiger partial charge in [0.2, 0.25) is 5.91 Å². The van der Waals surface area contributed by atoms with Crippen LogP contribution in [0.2, 0.25) is 10.0 Å². The molecule has 0 spiro atoms. The summed E-state index contributed by atoms with van der Waals surface area (Å²) in [6.45, 7) is 4.78. The van der Waals surface area contributed by atoms with Crippen LogP contribution in [0.4, 0.5) is 0 Å². The van der Waals surface area contributed by atoms with E-state index < -0.39 is 0 Å². The third-order valence-corrected chi connectivity index (χ3v) is 4.65. The zero-order valence-electron chi connectivity index (χ0n) is 13.4. The number of amides is 1. The Labute approximate surface area is 151 Å². The Morgan fingerprint density at radius 3 is 2.38 bits per heavy atom. The minimum atomic E-state index is 0.174. The van der Waals surface area contributed by atoms with Crippen molar-refractivity contribution in [3.8, 4) is 0 Å². The summed E-state index contributed by atoms with van der Waals surface area (Å²) in [5.74, 6) is 0.174. The molecule has 0 saturated carbocycles. The highest BCUT2D eigenvalue weighted by Gasteiger charge is 2.20. The lowest BCUT2D eigenvalue weighted by molar-refractivity contribution is -0.133. The molecule has 0 atom stereocenters. The van der Waals surface area contributed by atoms with Crippen LogP contribution in [0, 0.1) is 0 Å². The minimum absolute atomic E-state index is 0.174. The first kappa shape index (κ1) is 17.3. The lowest BCUT2D eigenvalue weighted by atomic mass is 10.2. The maximum absolute atomic E-state index is 12.3. The zero-order chi connectivity index (χ0) is 16.9. The van der Waals surface area contributed by atoms with E-state index in [0.717, 1.165) is 37.7 Å². The standard InChI is InChI=1S/C17H20Cl2N4O/c18-15-3-1-14(2-4-15)12-21-7-9-22(10-8-21)17(24)5-6-23-13-16(19)11-20-23/h1-4,11,13H,5-10,12H2. The first-order valence-electron chi connectivity index (χ1n) is 8.03. The van der Waals surface area contributed by atoms with Crippen LogP contribution in [0.3, 0.4) is 0 Å². The van der Waals surface area contributed by atoms with Gasteiger partial charge in [-0.3, -0.25) is 14.4 Å². The number of hydrogen-bond donors (Lipinski definition) is 0. The molecule has 1 fully saturated rings. The maximum Gasteiger partial charge on any atom is 0.224 e. The van der Waals surface area contributed by atoms with Gasteiger partial charge in [0.25, 0.3) is 0 Å². The topological polar surface area (TPSA) is 41.4 Å². The largest absolute Gasteiger partial charge is 0.340 e. The first-order chi connectivity index (χ1) is 11.6. The fourth-order valence-electron chi connectivity index (χ4n) is 2.83. The SMILES string of the molecule is O=C(CCn1cc(Cl)cn1)N1CCN(Cc2ccc(Cl)cc2)CC1. The Hall–Kier alpha value is -1.56. The minimum Gasteiger partial charge on any atom is -0.340 e. The number of halogens is 2. The normalized spacial score (nSPS) is 15.7. The third kappa shape index (κ3) is 4.72. The van der Waals surface area contributed by atoms with E-state index in [0.29, 0.717) is 18.0 Å². The summed E-state index contributed by atoms with van der Waals surface area (Å²) in [5, 5.41) is 5.45. The molecule has 0 bridgehead atoms. The molecular weight excluding hydrogens is 347 g/mol. The molecule has 7 heteroatoms. The molecule has 1 saturated heterocycles. The van der Waals surface area contributed by atoms with E-state index in [9.17, 15) is 4.79 Å². The van der Waals surface area contributed by atoms with E-state index in [1.165, 1.54) is 5.56 Å². The van der Waals surface area contributed by atoms with Crippen molar-refractivity contribution in [2.45, 2.75) is 19.5 Å². The Balaban J connectivity index is 1.42. The van der Waals surface area contributed by atoms with Crippen LogP contribution in [0.25, 0.3) is 0 Å². The van der Waals surface area contributed by atoms with Crippen LogP contribution >= 0.6 is 23.2 Å². The van der Waals surface area contributed by atoms with Gasteiger partial charge in [-0.05, 0) is 17.7 Å². The van der Waals surface area contributed by atoms with Crippen LogP contribution in [0.1, 0.15) is 12.0 Å². The lowest BCUT2D eigenvalue weighted by Gasteiger charge is -2.34. The predicted octanol–water partition coefficient (Wildman–Crippen LogP) is 2.92. The van der Waals surface area contributed by atoms with Crippen LogP contribution in [0.5, 0.6) is 0 Å². The van der Waals surface area contributed by atoms with Crippen LogP contribution in [-0.4, -0.2) is 51.7 Å². The molecule has 0 unspecified atom stereocenters. The average Bonchev–Trinajstić information content (AvgIpc) is 3.01. The van der Waals surface area contributed by atoms with Crippen molar-refractivity contribution in [1.29, 1.82) is 0 Å². The third-order valence-electron chi connectivity index (χ3n) is 4.20. The van der Waals surface area contributed by atoms with E-state index in [1.807, 2.05) is 17.0 Å². The molecule has 2 heterocycles. The molecule has 0 radical (unpaired) electrons. The number of benzene rings is 1. The molecule has 1 amide bonds. The summed E-state index contributed by atoms with van der Waals surface area (Å²) >= 11 is 11.7. The van der Waals surface area contributed by atoms with Gasteiger partial charge in [0.05, 0.1) is 11.2 Å². The molecule has 5 nitrogen and oxygen atoms in total. The summed E-state index contributed by atoms with van der Waals surface area (Å²) in [4.78, 5) is 16.6. The number of nitrogens with zero attached hydrogens (tertiary/aromatic N) is 4. The summed E-state index contributed by atoms with van der Waals surface area (Å²) in [5.41, 5.74) is 1.25. The highest BCUT2D eigenvalue weighted by atomic mass is 35.5. The fourth-order valence-corrected chi connectivity index (χ4v) is 3.11. The number of carbonyl (C=O) groups excluding carboxylic acids is 1. The molecule has 1 aromatic heterocycles. The summed E-state index contributed by atoms with van der Waals surface area (Å²) in [7, 11) is 0. The summed E-state index contributed by atoms with van der Waals surface area (Å²) in [6, 6.07) is 7.93. The highest BCUT2D eigenvalue weighted by Crippen LogP contribution is 2.13. The Kier molecular flexibility index (Phi) is 5.76. The lowest BCUT2D eigenvalue weighted by Crippen LogP contribution is -2.48. The van der Waals surface area contributed by atoms with E-state index >= 15 is 0 Å². The molecule has 24 heavy (non-hydrogen) atoms. The number of carbonyl (C=O) groups is 1. The van der Waals surface area contributed by atoms with Gasteiger partial charge in [-0.1, -0.05) is 35.3 Å². The van der Waals surface area contributed by atoms with E-state index in [4.69, 9.17) is 23.2 Å². The number of hydrogen-bond acceptors (Lipinski definition) is 3. The summed E-state index contributed by atoms with van der Waals surface area (Å²) in [6.07, 6.45) is 3.77. The molecule has 0 N–H and O–H groups in total. The molecule has 2 aromatic rings. The quantitative estimate of drug-likeness (QED) is 0.816. The van der Waals surface area contributed by atoms with Crippen molar-refractivity contribution in [2.24, 2.45) is 0 Å². The molecule has 1 aromatic carbocycles. The second kappa shape index (κ2) is 8.01. The van der Waals surface area contributed by atoms with E-state index in [1.54, 1.807) is 17.1 Å². The molecule has 1 aliphatic heterocycles. The van der Waals surface area contributed by atoms with Crippen molar-refractivity contribution < 1.29 is 4.79 Å². The Morgan fingerprint density at radius 1 is 1.04 bits per heavy atom. The van der Waals surface area contributed by atoms with Gasteiger partial charge >= 0.3 is 0 Å². The first-order valence-corrected chi connectivity index (χ1v) is 8.78. The van der Waals surface area contributed by atoms with Gasteiger partial charge < -0.3 is 4.90 Å². The molecule has 0 aliphatic carbocycles. The second-order valence-electron chi connectivity index (χ2n) is 5.96. The van der Waals surface area contributed by atoms with Gasteiger partial charge in [-0.25, -0.2) is 0 Å². The van der Waals surface area contributed by atoms with Crippen LogP contribution < -0.4 is 0 Å². The number of piperazine rings is 1. The van der Waals surface area contributed by atoms with E-state index in [2.05, 4.69) is 22.1 Å². The van der Waals surface area contributed by atoms with Crippen molar-refractivity contribution in [3.05, 3.63) is 52.3 Å². The molecule has 1 aliphatic rings. The number of aromatic nitrogens is 2. The van der Waals surface area contributed by atoms with Crippen LogP contribution in [-0.2, 0) is 17.9 Å². The van der Waals surface area contributed by atoms with Crippen LogP contribution in [0.15, 0.2) is 36.7 Å². The van der Waals surface area contributed by atoms with Crippen molar-refractivity contribution in [3.63, 3.8) is 0 Å². The van der Waals surface area contributed by atoms with Gasteiger partial charge in [0.15, 0.2) is 0 Å². The van der Waals surface area contributed by atoms with Gasteiger partial charge in [-0.15, -0.1) is 0 Å². The number of aryl methyl sites for hydroxylation is 1. The molecule has 3 rings (SSSR count). The van der Waals surface area contributed by atoms with Crippen molar-refractivity contribution in [2.75, 3.05) is 26.2 Å². The fraction of sp³-hybridized carbons (Fsp3) is 0.412. The second-order valence-corrected chi connectivity index (χ2v) is 6.83. The van der Waals surface area contributed by atoms with Crippen molar-refractivity contribution in [1.82, 2.24) is 19.6 Å². The van der Waals surface area contributed by atoms with E-state index in [-0.39, 0.29) is 5.91 Å². The van der Waals surface area contributed by atoms with Gasteiger partial charge in [0.1, 0.15) is 0 Å². The summed E-state index contributed by atoms with van der Waals surface area (Å²) < 4.78 is 1.71. The number of rotatable bonds is 5. The maximum atomic E-state index is 12.3. The molecule has 128 valence electrons. The average molecular weight is 367 g/mol. The predicted molar refractivity (Wildman–Crippen MR) is 95.2 cm³/mol. The smallest absolute Gasteiger partial charge is 0.224 e. The van der Waals surface area contributed by atoms with Gasteiger partial charge in [0, 0.05) is 56.9 Å². The monoisotopic (exact) mass is 366 g/mol. The highest BCUT2D eigenvalue weighted by molar-refractivity contribution is 6.30. The zero-order valence-corrected chi connectivity index (χ0v) is 14.9.